The predicted octanol–water partition coefficient (Wildman–Crippen LogP) is 6.55. The minimum Gasteiger partial charge on any atom is -0.497 e. The van der Waals surface area contributed by atoms with Gasteiger partial charge < -0.3 is 4.74 Å². The van der Waals surface area contributed by atoms with Gasteiger partial charge in [-0.3, -0.25) is 9.48 Å². The van der Waals surface area contributed by atoms with E-state index in [1.54, 1.807) is 19.2 Å². The summed E-state index contributed by atoms with van der Waals surface area (Å²) in [5.41, 5.74) is 7.26. The Morgan fingerprint density at radius 1 is 0.600 bits per heavy atom. The van der Waals surface area contributed by atoms with Gasteiger partial charge >= 0.3 is 0 Å². The zero-order chi connectivity index (χ0) is 27.3. The molecule has 0 atom stereocenters. The van der Waals surface area contributed by atoms with E-state index in [0.29, 0.717) is 18.8 Å². The van der Waals surface area contributed by atoms with Crippen LogP contribution in [-0.2, 0) is 13.1 Å². The second kappa shape index (κ2) is 11.3. The van der Waals surface area contributed by atoms with E-state index in [9.17, 15) is 4.79 Å². The number of aromatic nitrogens is 4. The lowest BCUT2D eigenvalue weighted by Crippen LogP contribution is -2.22. The molecule has 0 radical (unpaired) electrons. The molecule has 0 aliphatic carbocycles. The molecule has 0 spiro atoms. The summed E-state index contributed by atoms with van der Waals surface area (Å²) in [4.78, 5) is 12.9. The number of benzene rings is 4. The molecule has 0 saturated heterocycles. The minimum absolute atomic E-state index is 0.152. The SMILES string of the molecule is COc1ccc(Cn2nc(-c3ccccc3)c(-c3ccc(=O)n(Cc4ccccc4)n3)c2-c2ccccc2)cc1. The summed E-state index contributed by atoms with van der Waals surface area (Å²) >= 11 is 0. The molecule has 0 fully saturated rings. The average Bonchev–Trinajstić information content (AvgIpc) is 3.39. The summed E-state index contributed by atoms with van der Waals surface area (Å²) in [5.74, 6) is 0.808. The predicted molar refractivity (Wildman–Crippen MR) is 158 cm³/mol. The second-order valence-corrected chi connectivity index (χ2v) is 9.51. The van der Waals surface area contributed by atoms with Crippen molar-refractivity contribution in [2.45, 2.75) is 13.1 Å². The van der Waals surface area contributed by atoms with Crippen LogP contribution in [0, 0.1) is 0 Å². The number of nitrogens with zero attached hydrogens (tertiary/aromatic N) is 4. The number of ether oxygens (including phenoxy) is 1. The van der Waals surface area contributed by atoms with Crippen LogP contribution in [0.3, 0.4) is 0 Å². The van der Waals surface area contributed by atoms with Gasteiger partial charge in [-0.1, -0.05) is 103 Å². The largest absolute Gasteiger partial charge is 0.497 e. The highest BCUT2D eigenvalue weighted by molar-refractivity contribution is 5.90. The van der Waals surface area contributed by atoms with E-state index in [4.69, 9.17) is 14.9 Å². The van der Waals surface area contributed by atoms with Gasteiger partial charge in [-0.25, -0.2) is 4.68 Å². The molecule has 0 N–H and O–H groups in total. The zero-order valence-electron chi connectivity index (χ0n) is 22.1. The molecule has 40 heavy (non-hydrogen) atoms. The summed E-state index contributed by atoms with van der Waals surface area (Å²) in [6.45, 7) is 0.937. The van der Waals surface area contributed by atoms with Gasteiger partial charge in [0.25, 0.3) is 5.56 Å². The molecule has 2 heterocycles. The molecule has 4 aromatic carbocycles. The van der Waals surface area contributed by atoms with Crippen molar-refractivity contribution < 1.29 is 4.74 Å². The van der Waals surface area contributed by atoms with Crippen molar-refractivity contribution >= 4 is 0 Å². The van der Waals surface area contributed by atoms with E-state index in [1.807, 2.05) is 83.5 Å². The topological polar surface area (TPSA) is 61.9 Å². The fourth-order valence-electron chi connectivity index (χ4n) is 4.86. The highest BCUT2D eigenvalue weighted by atomic mass is 16.5. The molecule has 6 aromatic rings. The van der Waals surface area contributed by atoms with Gasteiger partial charge in [0.15, 0.2) is 0 Å². The Labute approximate surface area is 232 Å². The van der Waals surface area contributed by atoms with Gasteiger partial charge in [0, 0.05) is 17.2 Å². The molecule has 0 saturated carbocycles. The molecule has 6 heteroatoms. The summed E-state index contributed by atoms with van der Waals surface area (Å²) in [6.07, 6.45) is 0. The van der Waals surface area contributed by atoms with E-state index in [2.05, 4.69) is 36.4 Å². The van der Waals surface area contributed by atoms with Gasteiger partial charge in [0.1, 0.15) is 11.4 Å². The smallest absolute Gasteiger partial charge is 0.267 e. The lowest BCUT2D eigenvalue weighted by Gasteiger charge is -2.12. The molecule has 2 aromatic heterocycles. The van der Waals surface area contributed by atoms with Crippen LogP contribution < -0.4 is 10.3 Å². The fraction of sp³-hybridized carbons (Fsp3) is 0.0882. The third kappa shape index (κ3) is 5.20. The Morgan fingerprint density at radius 2 is 1.18 bits per heavy atom. The van der Waals surface area contributed by atoms with Crippen molar-refractivity contribution in [1.29, 1.82) is 0 Å². The molecule has 6 rings (SSSR count). The monoisotopic (exact) mass is 524 g/mol. The lowest BCUT2D eigenvalue weighted by molar-refractivity contribution is 0.414. The van der Waals surface area contributed by atoms with Crippen LogP contribution in [0.25, 0.3) is 33.8 Å². The summed E-state index contributed by atoms with van der Waals surface area (Å²) < 4.78 is 8.91. The lowest BCUT2D eigenvalue weighted by atomic mass is 9.99. The van der Waals surface area contributed by atoms with Gasteiger partial charge in [-0.05, 0) is 29.3 Å². The fourth-order valence-corrected chi connectivity index (χ4v) is 4.86. The van der Waals surface area contributed by atoms with Crippen molar-refractivity contribution in [3.05, 3.63) is 149 Å². The van der Waals surface area contributed by atoms with Crippen LogP contribution in [0.1, 0.15) is 11.1 Å². The molecular formula is C34H28N4O2. The summed E-state index contributed by atoms with van der Waals surface area (Å²) in [6, 6.07) is 41.6. The normalized spacial score (nSPS) is 10.9. The maximum Gasteiger partial charge on any atom is 0.267 e. The average molecular weight is 525 g/mol. The van der Waals surface area contributed by atoms with Crippen LogP contribution in [0.2, 0.25) is 0 Å². The summed E-state index contributed by atoms with van der Waals surface area (Å²) in [7, 11) is 1.67. The van der Waals surface area contributed by atoms with Crippen molar-refractivity contribution in [3.63, 3.8) is 0 Å². The summed E-state index contributed by atoms with van der Waals surface area (Å²) in [5, 5.41) is 10.1. The molecule has 0 bridgehead atoms. The van der Waals surface area contributed by atoms with E-state index in [-0.39, 0.29) is 5.56 Å². The molecule has 196 valence electrons. The minimum atomic E-state index is -0.152. The number of hydrogen-bond acceptors (Lipinski definition) is 4. The Kier molecular flexibility index (Phi) is 7.05. The van der Waals surface area contributed by atoms with Crippen LogP contribution >= 0.6 is 0 Å². The van der Waals surface area contributed by atoms with Crippen molar-refractivity contribution in [3.8, 4) is 39.5 Å². The second-order valence-electron chi connectivity index (χ2n) is 9.51. The van der Waals surface area contributed by atoms with E-state index >= 15 is 0 Å². The zero-order valence-corrected chi connectivity index (χ0v) is 22.1. The third-order valence-corrected chi connectivity index (χ3v) is 6.84. The van der Waals surface area contributed by atoms with Crippen LogP contribution in [-0.4, -0.2) is 26.7 Å². The first-order chi connectivity index (χ1) is 19.7. The molecule has 0 aliphatic heterocycles. The first kappa shape index (κ1) is 25.1. The van der Waals surface area contributed by atoms with E-state index < -0.39 is 0 Å². The van der Waals surface area contributed by atoms with E-state index in [1.165, 1.54) is 4.68 Å². The quantitative estimate of drug-likeness (QED) is 0.227. The first-order valence-electron chi connectivity index (χ1n) is 13.2. The van der Waals surface area contributed by atoms with Gasteiger partial charge in [-0.2, -0.15) is 10.2 Å². The van der Waals surface area contributed by atoms with Crippen molar-refractivity contribution in [1.82, 2.24) is 19.6 Å². The molecule has 0 unspecified atom stereocenters. The molecular weight excluding hydrogens is 496 g/mol. The highest BCUT2D eigenvalue weighted by Crippen LogP contribution is 2.39. The van der Waals surface area contributed by atoms with Crippen LogP contribution in [0.4, 0.5) is 0 Å². The Hall–Kier alpha value is -5.23. The maximum absolute atomic E-state index is 12.9. The van der Waals surface area contributed by atoms with Crippen LogP contribution in [0.5, 0.6) is 5.75 Å². The molecule has 6 nitrogen and oxygen atoms in total. The standard InChI is InChI=1S/C34H28N4O2/c1-40-29-19-17-26(18-20-29)24-38-34(28-15-9-4-10-16-28)32(33(36-38)27-13-7-3-8-14-27)30-21-22-31(39)37(35-30)23-25-11-5-2-6-12-25/h2-22H,23-24H2,1H3. The van der Waals surface area contributed by atoms with Crippen molar-refractivity contribution in [2.24, 2.45) is 0 Å². The van der Waals surface area contributed by atoms with Crippen molar-refractivity contribution in [2.75, 3.05) is 7.11 Å². The van der Waals surface area contributed by atoms with Gasteiger partial charge in [-0.15, -0.1) is 0 Å². The van der Waals surface area contributed by atoms with Crippen LogP contribution in [0.15, 0.2) is 132 Å². The number of rotatable bonds is 8. The Balaban J connectivity index is 1.56. The number of methoxy groups -OCH3 is 1. The molecule has 0 aliphatic rings. The first-order valence-corrected chi connectivity index (χ1v) is 13.2. The third-order valence-electron chi connectivity index (χ3n) is 6.84. The number of hydrogen-bond donors (Lipinski definition) is 0. The van der Waals surface area contributed by atoms with Gasteiger partial charge in [0.2, 0.25) is 0 Å². The van der Waals surface area contributed by atoms with E-state index in [0.717, 1.165) is 45.0 Å². The Morgan fingerprint density at radius 3 is 1.82 bits per heavy atom. The van der Waals surface area contributed by atoms with Gasteiger partial charge in [0.05, 0.1) is 37.2 Å². The Bertz CT molecular complexity index is 1780. The highest BCUT2D eigenvalue weighted by Gasteiger charge is 2.24. The maximum atomic E-state index is 12.9. The molecule has 0 amide bonds.